The van der Waals surface area contributed by atoms with Gasteiger partial charge >= 0.3 is 0 Å². The van der Waals surface area contributed by atoms with E-state index in [9.17, 15) is 0 Å². The van der Waals surface area contributed by atoms with Crippen molar-refractivity contribution in [2.75, 3.05) is 5.73 Å². The van der Waals surface area contributed by atoms with Gasteiger partial charge in [0.25, 0.3) is 0 Å². The highest BCUT2D eigenvalue weighted by Gasteiger charge is 2.11. The van der Waals surface area contributed by atoms with E-state index >= 15 is 0 Å². The van der Waals surface area contributed by atoms with Gasteiger partial charge < -0.3 is 5.73 Å². The predicted molar refractivity (Wildman–Crippen MR) is 68.3 cm³/mol. The van der Waals surface area contributed by atoms with Crippen molar-refractivity contribution in [3.05, 3.63) is 32.9 Å². The van der Waals surface area contributed by atoms with Crippen LogP contribution < -0.4 is 5.73 Å². The summed E-state index contributed by atoms with van der Waals surface area (Å²) in [6.07, 6.45) is 1.59. The van der Waals surface area contributed by atoms with Crippen LogP contribution in [-0.2, 0) is 0 Å². The number of halogens is 2. The van der Waals surface area contributed by atoms with E-state index in [2.05, 4.69) is 20.9 Å². The molecule has 0 aliphatic carbocycles. The van der Waals surface area contributed by atoms with E-state index in [4.69, 9.17) is 17.3 Å². The molecule has 0 unspecified atom stereocenters. The number of aryl methyl sites for hydroxylation is 2. The molecular weight excluding hydrogens is 275 g/mol. The van der Waals surface area contributed by atoms with E-state index in [1.54, 1.807) is 6.20 Å². The summed E-state index contributed by atoms with van der Waals surface area (Å²) in [6.45, 7) is 4.04. The fourth-order valence-electron chi connectivity index (χ4n) is 1.66. The highest BCUT2D eigenvalue weighted by Crippen LogP contribution is 2.35. The van der Waals surface area contributed by atoms with E-state index in [-0.39, 0.29) is 0 Å². The Morgan fingerprint density at radius 1 is 1.40 bits per heavy atom. The maximum Gasteiger partial charge on any atom is 0.0748 e. The summed E-state index contributed by atoms with van der Waals surface area (Å²) in [5.74, 6) is 0. The zero-order valence-electron chi connectivity index (χ0n) is 8.44. The lowest BCUT2D eigenvalue weighted by molar-refractivity contribution is 1.33. The molecule has 0 spiro atoms. The number of aromatic nitrogens is 1. The molecule has 0 aliphatic rings. The van der Waals surface area contributed by atoms with Crippen molar-refractivity contribution in [1.82, 2.24) is 4.98 Å². The van der Waals surface area contributed by atoms with Crippen LogP contribution in [0.15, 0.2) is 16.7 Å². The van der Waals surface area contributed by atoms with Crippen molar-refractivity contribution < 1.29 is 0 Å². The summed E-state index contributed by atoms with van der Waals surface area (Å²) in [4.78, 5) is 4.27. The fraction of sp³-hybridized carbons (Fsp3) is 0.182. The van der Waals surface area contributed by atoms with E-state index in [1.807, 2.05) is 19.9 Å². The van der Waals surface area contributed by atoms with Crippen LogP contribution in [0.5, 0.6) is 0 Å². The van der Waals surface area contributed by atoms with Crippen LogP contribution in [0, 0.1) is 13.8 Å². The van der Waals surface area contributed by atoms with Crippen LogP contribution in [-0.4, -0.2) is 4.98 Å². The van der Waals surface area contributed by atoms with Crippen molar-refractivity contribution in [1.29, 1.82) is 0 Å². The third-order valence-corrected chi connectivity index (χ3v) is 4.10. The largest absolute Gasteiger partial charge is 0.396 e. The number of nitrogens with two attached hydrogens (primary N) is 1. The molecule has 2 aromatic rings. The van der Waals surface area contributed by atoms with Crippen molar-refractivity contribution in [2.24, 2.45) is 0 Å². The third kappa shape index (κ3) is 1.60. The lowest BCUT2D eigenvalue weighted by Crippen LogP contribution is -1.93. The maximum atomic E-state index is 6.17. The first-order valence-electron chi connectivity index (χ1n) is 4.51. The first-order valence-corrected chi connectivity index (χ1v) is 5.69. The molecule has 4 heteroatoms. The van der Waals surface area contributed by atoms with Crippen LogP contribution in [0.1, 0.15) is 11.1 Å². The second-order valence-corrected chi connectivity index (χ2v) is 4.73. The van der Waals surface area contributed by atoms with Crippen molar-refractivity contribution in [3.63, 3.8) is 0 Å². The Bertz CT molecular complexity index is 552. The molecule has 0 aliphatic heterocycles. The van der Waals surface area contributed by atoms with Gasteiger partial charge in [-0.3, -0.25) is 4.98 Å². The van der Waals surface area contributed by atoms with Crippen LogP contribution >= 0.6 is 27.5 Å². The van der Waals surface area contributed by atoms with Crippen LogP contribution in [0.4, 0.5) is 5.69 Å². The van der Waals surface area contributed by atoms with Gasteiger partial charge in [0.05, 0.1) is 22.4 Å². The molecule has 2 nitrogen and oxygen atoms in total. The summed E-state index contributed by atoms with van der Waals surface area (Å²) in [5, 5.41) is 1.51. The smallest absolute Gasteiger partial charge is 0.0748 e. The number of nitrogen functional groups attached to an aromatic ring is 1. The molecule has 1 aromatic heterocycles. The number of anilines is 1. The Kier molecular flexibility index (Phi) is 2.61. The first kappa shape index (κ1) is 10.7. The second-order valence-electron chi connectivity index (χ2n) is 3.55. The van der Waals surface area contributed by atoms with E-state index in [0.717, 1.165) is 26.5 Å². The van der Waals surface area contributed by atoms with Crippen molar-refractivity contribution in [3.8, 4) is 0 Å². The van der Waals surface area contributed by atoms with Gasteiger partial charge in [-0.15, -0.1) is 0 Å². The summed E-state index contributed by atoms with van der Waals surface area (Å²) in [5.41, 5.74) is 9.36. The van der Waals surface area contributed by atoms with Crippen molar-refractivity contribution >= 4 is 44.1 Å². The standard InChI is InChI=1S/C11H10BrClN2/c1-5-3-8-9(6(2)10(5)12)11(13)7(14)4-15-8/h3-4H,14H2,1-2H3. The van der Waals surface area contributed by atoms with Gasteiger partial charge in [0.2, 0.25) is 0 Å². The number of hydrogen-bond donors (Lipinski definition) is 1. The SMILES string of the molecule is Cc1cc2ncc(N)c(Cl)c2c(C)c1Br. The van der Waals surface area contributed by atoms with Gasteiger partial charge in [-0.2, -0.15) is 0 Å². The molecule has 0 atom stereocenters. The highest BCUT2D eigenvalue weighted by atomic mass is 79.9. The molecule has 15 heavy (non-hydrogen) atoms. The number of rotatable bonds is 0. The molecule has 0 fully saturated rings. The van der Waals surface area contributed by atoms with E-state index in [0.29, 0.717) is 10.7 Å². The Labute approximate surface area is 102 Å². The number of fused-ring (bicyclic) bond motifs is 1. The Morgan fingerprint density at radius 3 is 2.73 bits per heavy atom. The third-order valence-electron chi connectivity index (χ3n) is 2.48. The number of nitrogens with zero attached hydrogens (tertiary/aromatic N) is 1. The van der Waals surface area contributed by atoms with Crippen molar-refractivity contribution in [2.45, 2.75) is 13.8 Å². The zero-order chi connectivity index (χ0) is 11.2. The summed E-state index contributed by atoms with van der Waals surface area (Å²) < 4.78 is 1.06. The van der Waals surface area contributed by atoms with Crippen LogP contribution in [0.25, 0.3) is 10.9 Å². The molecule has 78 valence electrons. The Balaban J connectivity index is 3.00. The normalized spacial score (nSPS) is 10.9. The highest BCUT2D eigenvalue weighted by molar-refractivity contribution is 9.10. The molecule has 0 amide bonds. The summed E-state index contributed by atoms with van der Waals surface area (Å²) in [7, 11) is 0. The molecule has 2 N–H and O–H groups in total. The average molecular weight is 286 g/mol. The zero-order valence-corrected chi connectivity index (χ0v) is 10.8. The Morgan fingerprint density at radius 2 is 2.07 bits per heavy atom. The van der Waals surface area contributed by atoms with Gasteiger partial charge in [0.1, 0.15) is 0 Å². The molecular formula is C11H10BrClN2. The molecule has 0 radical (unpaired) electrons. The van der Waals surface area contributed by atoms with E-state index < -0.39 is 0 Å². The molecule has 0 saturated carbocycles. The van der Waals surface area contributed by atoms with Gasteiger partial charge in [-0.1, -0.05) is 27.5 Å². The summed E-state index contributed by atoms with van der Waals surface area (Å²) >= 11 is 9.70. The monoisotopic (exact) mass is 284 g/mol. The number of pyridine rings is 1. The van der Waals surface area contributed by atoms with E-state index in [1.165, 1.54) is 0 Å². The molecule has 2 rings (SSSR count). The van der Waals surface area contributed by atoms with Gasteiger partial charge in [-0.25, -0.2) is 0 Å². The minimum atomic E-state index is 0.517. The molecule has 0 saturated heterocycles. The minimum Gasteiger partial charge on any atom is -0.396 e. The number of benzene rings is 1. The molecule has 1 heterocycles. The fourth-order valence-corrected chi connectivity index (χ4v) is 2.26. The van der Waals surface area contributed by atoms with Crippen LogP contribution in [0.3, 0.4) is 0 Å². The minimum absolute atomic E-state index is 0.517. The molecule has 0 bridgehead atoms. The lowest BCUT2D eigenvalue weighted by atomic mass is 10.1. The topological polar surface area (TPSA) is 38.9 Å². The summed E-state index contributed by atoms with van der Waals surface area (Å²) in [6, 6.07) is 2.00. The lowest BCUT2D eigenvalue weighted by Gasteiger charge is -2.10. The quantitative estimate of drug-likeness (QED) is 0.798. The molecule has 1 aromatic carbocycles. The predicted octanol–water partition coefficient (Wildman–Crippen LogP) is 3.85. The first-order chi connectivity index (χ1) is 7.02. The van der Waals surface area contributed by atoms with Crippen LogP contribution in [0.2, 0.25) is 5.02 Å². The van der Waals surface area contributed by atoms with Gasteiger partial charge in [-0.05, 0) is 31.0 Å². The average Bonchev–Trinajstić information content (AvgIpc) is 2.20. The number of hydrogen-bond acceptors (Lipinski definition) is 2. The second kappa shape index (κ2) is 3.65. The maximum absolute atomic E-state index is 6.17. The van der Waals surface area contributed by atoms with Gasteiger partial charge in [0.15, 0.2) is 0 Å². The van der Waals surface area contributed by atoms with Gasteiger partial charge in [0, 0.05) is 9.86 Å². The Hall–Kier alpha value is -0.800.